The van der Waals surface area contributed by atoms with Gasteiger partial charge in [-0.25, -0.2) is 0 Å². The molecule has 1 aliphatic rings. The minimum absolute atomic E-state index is 0.403. The van der Waals surface area contributed by atoms with Gasteiger partial charge in [-0.05, 0) is 25.1 Å². The van der Waals surface area contributed by atoms with Gasteiger partial charge in [-0.15, -0.1) is 0 Å². The van der Waals surface area contributed by atoms with Gasteiger partial charge >= 0.3 is 0 Å². The van der Waals surface area contributed by atoms with Crippen LogP contribution in [0.15, 0.2) is 23.4 Å². The lowest BCUT2D eigenvalue weighted by Gasteiger charge is -2.15. The lowest BCUT2D eigenvalue weighted by molar-refractivity contribution is -0.00841. The average Bonchev–Trinajstić information content (AvgIpc) is 2.68. The van der Waals surface area contributed by atoms with E-state index in [1.165, 1.54) is 7.11 Å². The molecule has 2 rings (SSSR count). The summed E-state index contributed by atoms with van der Waals surface area (Å²) >= 11 is 0. The van der Waals surface area contributed by atoms with Gasteiger partial charge in [0.1, 0.15) is 20.3 Å². The maximum Gasteiger partial charge on any atom is 0.161 e. The lowest BCUT2D eigenvalue weighted by atomic mass is 10.1. The first-order valence-electron chi connectivity index (χ1n) is 9.10. The van der Waals surface area contributed by atoms with Crippen molar-refractivity contribution in [1.82, 2.24) is 0 Å². The first-order chi connectivity index (χ1) is 13.3. The van der Waals surface area contributed by atoms with Crippen molar-refractivity contribution in [1.29, 1.82) is 0 Å². The summed E-state index contributed by atoms with van der Waals surface area (Å²) in [5, 5.41) is 3.96. The van der Waals surface area contributed by atoms with Crippen LogP contribution >= 0.6 is 0 Å². The number of benzene rings is 1. The number of oxime groups is 1. The molecule has 1 aromatic rings. The van der Waals surface area contributed by atoms with Gasteiger partial charge in [-0.1, -0.05) is 5.16 Å². The van der Waals surface area contributed by atoms with Gasteiger partial charge in [0.05, 0.1) is 58.6 Å². The average molecular weight is 383 g/mol. The smallest absolute Gasteiger partial charge is 0.161 e. The Labute approximate surface area is 160 Å². The van der Waals surface area contributed by atoms with E-state index in [0.29, 0.717) is 77.6 Å². The fourth-order valence-corrected chi connectivity index (χ4v) is 2.34. The standard InChI is InChI=1S/C19H29NO7/c1-16(20-21-2)17-3-4-18-19(15-17)27-14-12-25-10-8-23-6-5-22-7-9-24-11-13-26-18/h3-4,15H,5-14H2,1-2H3. The number of hydrogen-bond acceptors (Lipinski definition) is 8. The highest BCUT2D eigenvalue weighted by Gasteiger charge is 2.09. The van der Waals surface area contributed by atoms with Crippen molar-refractivity contribution in [2.75, 3.05) is 73.2 Å². The normalized spacial score (nSPS) is 19.0. The zero-order chi connectivity index (χ0) is 19.2. The van der Waals surface area contributed by atoms with E-state index in [-0.39, 0.29) is 0 Å². The van der Waals surface area contributed by atoms with Crippen LogP contribution in [0.5, 0.6) is 11.5 Å². The van der Waals surface area contributed by atoms with Crippen molar-refractivity contribution in [3.63, 3.8) is 0 Å². The highest BCUT2D eigenvalue weighted by molar-refractivity contribution is 5.98. The molecule has 0 aromatic heterocycles. The summed E-state index contributed by atoms with van der Waals surface area (Å²) in [5.41, 5.74) is 1.64. The van der Waals surface area contributed by atoms with Crippen molar-refractivity contribution in [3.8, 4) is 11.5 Å². The summed E-state index contributed by atoms with van der Waals surface area (Å²) in [6, 6.07) is 5.65. The number of fused-ring (bicyclic) bond motifs is 1. The molecule has 0 unspecified atom stereocenters. The SMILES string of the molecule is CON=C(C)c1ccc2c(c1)OCCOCCOCCOCCOCCO2. The largest absolute Gasteiger partial charge is 0.487 e. The van der Waals surface area contributed by atoms with Crippen LogP contribution in [-0.2, 0) is 23.8 Å². The van der Waals surface area contributed by atoms with Crippen LogP contribution in [0, 0.1) is 0 Å². The fraction of sp³-hybridized carbons (Fsp3) is 0.632. The molecule has 1 aromatic carbocycles. The van der Waals surface area contributed by atoms with Crippen molar-refractivity contribution >= 4 is 5.71 Å². The second-order valence-electron chi connectivity index (χ2n) is 5.67. The van der Waals surface area contributed by atoms with Gasteiger partial charge in [-0.3, -0.25) is 0 Å². The minimum atomic E-state index is 0.403. The Morgan fingerprint density at radius 2 is 1.22 bits per heavy atom. The third-order valence-electron chi connectivity index (χ3n) is 3.68. The summed E-state index contributed by atoms with van der Waals surface area (Å²) in [7, 11) is 1.52. The molecule has 8 heteroatoms. The number of rotatable bonds is 2. The molecule has 0 saturated carbocycles. The van der Waals surface area contributed by atoms with E-state index < -0.39 is 0 Å². The predicted molar refractivity (Wildman–Crippen MR) is 99.9 cm³/mol. The van der Waals surface area contributed by atoms with E-state index in [2.05, 4.69) is 5.16 Å². The molecule has 0 atom stereocenters. The summed E-state index contributed by atoms with van der Waals surface area (Å²) in [6.07, 6.45) is 0. The Morgan fingerprint density at radius 1 is 0.741 bits per heavy atom. The van der Waals surface area contributed by atoms with E-state index >= 15 is 0 Å². The van der Waals surface area contributed by atoms with Gasteiger partial charge in [0.15, 0.2) is 11.5 Å². The molecule has 1 aliphatic heterocycles. The van der Waals surface area contributed by atoms with Crippen molar-refractivity contribution in [2.45, 2.75) is 6.92 Å². The summed E-state index contributed by atoms with van der Waals surface area (Å²) in [6.45, 7) is 6.78. The molecule has 0 amide bonds. The van der Waals surface area contributed by atoms with Gasteiger partial charge in [0, 0.05) is 5.56 Å². The molecule has 0 fully saturated rings. The zero-order valence-electron chi connectivity index (χ0n) is 16.1. The summed E-state index contributed by atoms with van der Waals surface area (Å²) in [4.78, 5) is 4.84. The molecule has 27 heavy (non-hydrogen) atoms. The quantitative estimate of drug-likeness (QED) is 0.570. The molecule has 152 valence electrons. The van der Waals surface area contributed by atoms with Gasteiger partial charge in [0.25, 0.3) is 0 Å². The lowest BCUT2D eigenvalue weighted by Crippen LogP contribution is -2.16. The van der Waals surface area contributed by atoms with Crippen molar-refractivity contribution in [3.05, 3.63) is 23.8 Å². The van der Waals surface area contributed by atoms with Gasteiger partial charge < -0.3 is 33.3 Å². The van der Waals surface area contributed by atoms with E-state index in [4.69, 9.17) is 33.3 Å². The third kappa shape index (κ3) is 8.57. The van der Waals surface area contributed by atoms with Crippen LogP contribution in [0.1, 0.15) is 12.5 Å². The van der Waals surface area contributed by atoms with Gasteiger partial charge in [-0.2, -0.15) is 0 Å². The molecular weight excluding hydrogens is 354 g/mol. The maximum atomic E-state index is 5.85. The van der Waals surface area contributed by atoms with Crippen LogP contribution in [-0.4, -0.2) is 78.9 Å². The number of ether oxygens (including phenoxy) is 6. The Hall–Kier alpha value is -1.87. The molecule has 0 bridgehead atoms. The second-order valence-corrected chi connectivity index (χ2v) is 5.67. The molecule has 0 radical (unpaired) electrons. The van der Waals surface area contributed by atoms with E-state index in [1.54, 1.807) is 0 Å². The van der Waals surface area contributed by atoms with Gasteiger partial charge in [0.2, 0.25) is 0 Å². The van der Waals surface area contributed by atoms with Crippen LogP contribution in [0.4, 0.5) is 0 Å². The molecule has 8 nitrogen and oxygen atoms in total. The molecule has 0 saturated heterocycles. The molecule has 0 aliphatic carbocycles. The first kappa shape index (κ1) is 21.4. The third-order valence-corrected chi connectivity index (χ3v) is 3.68. The molecule has 0 spiro atoms. The second kappa shape index (κ2) is 13.3. The fourth-order valence-electron chi connectivity index (χ4n) is 2.34. The number of hydrogen-bond donors (Lipinski definition) is 0. The zero-order valence-corrected chi connectivity index (χ0v) is 16.1. The predicted octanol–water partition coefficient (Wildman–Crippen LogP) is 1.89. The van der Waals surface area contributed by atoms with E-state index in [1.807, 2.05) is 25.1 Å². The Bertz CT molecular complexity index is 565. The van der Waals surface area contributed by atoms with Crippen LogP contribution in [0.3, 0.4) is 0 Å². The Morgan fingerprint density at radius 3 is 1.74 bits per heavy atom. The summed E-state index contributed by atoms with van der Waals surface area (Å²) < 4.78 is 33.5. The monoisotopic (exact) mass is 383 g/mol. The highest BCUT2D eigenvalue weighted by atomic mass is 16.6. The molecule has 0 N–H and O–H groups in total. The minimum Gasteiger partial charge on any atom is -0.487 e. The van der Waals surface area contributed by atoms with Crippen LogP contribution in [0.25, 0.3) is 0 Å². The maximum absolute atomic E-state index is 5.85. The number of nitrogens with zero attached hydrogens (tertiary/aromatic N) is 1. The Kier molecular flexibility index (Phi) is 10.6. The van der Waals surface area contributed by atoms with E-state index in [0.717, 1.165) is 11.3 Å². The first-order valence-corrected chi connectivity index (χ1v) is 9.10. The molecular formula is C19H29NO7. The molecule has 1 heterocycles. The highest BCUT2D eigenvalue weighted by Crippen LogP contribution is 2.29. The topological polar surface area (TPSA) is 77.0 Å². The van der Waals surface area contributed by atoms with Crippen LogP contribution in [0.2, 0.25) is 0 Å². The van der Waals surface area contributed by atoms with Crippen molar-refractivity contribution < 1.29 is 33.3 Å². The van der Waals surface area contributed by atoms with E-state index in [9.17, 15) is 0 Å². The van der Waals surface area contributed by atoms with Crippen molar-refractivity contribution in [2.24, 2.45) is 5.16 Å². The Balaban J connectivity index is 1.98. The summed E-state index contributed by atoms with van der Waals surface area (Å²) in [5.74, 6) is 1.27. The van der Waals surface area contributed by atoms with Crippen LogP contribution < -0.4 is 9.47 Å².